The minimum absolute atomic E-state index is 0.368. The van der Waals surface area contributed by atoms with Crippen molar-refractivity contribution < 1.29 is 0 Å². The van der Waals surface area contributed by atoms with Gasteiger partial charge in [-0.05, 0) is 39.7 Å². The summed E-state index contributed by atoms with van der Waals surface area (Å²) in [6.45, 7) is 8.03. The first kappa shape index (κ1) is 10.3. The molecule has 3 unspecified atom stereocenters. The first-order chi connectivity index (χ1) is 5.66. The van der Waals surface area contributed by atoms with Crippen LogP contribution in [0, 0.1) is 0 Å². The Hall–Kier alpha value is 0.250. The Labute approximate surface area is 81.1 Å². The molecule has 1 nitrogen and oxygen atoms in total. The first-order valence-electron chi connectivity index (χ1n) is 5.06. The van der Waals surface area contributed by atoms with Gasteiger partial charge in [0.25, 0.3) is 0 Å². The van der Waals surface area contributed by atoms with E-state index in [9.17, 15) is 0 Å². The zero-order valence-electron chi connectivity index (χ0n) is 8.39. The van der Waals surface area contributed by atoms with Crippen molar-refractivity contribution in [1.29, 1.82) is 0 Å². The maximum atomic E-state index is 6.22. The standard InChI is InChI=1S/C10H20ClN/c1-4-8(2)12-7-5-6-10(11)9(12)3/h8-10H,4-7H2,1-3H3. The molecule has 0 saturated carbocycles. The third-order valence-electron chi connectivity index (χ3n) is 3.10. The van der Waals surface area contributed by atoms with Crippen molar-refractivity contribution in [2.24, 2.45) is 0 Å². The zero-order chi connectivity index (χ0) is 9.14. The predicted octanol–water partition coefficient (Wildman–Crippen LogP) is 2.88. The van der Waals surface area contributed by atoms with Crippen LogP contribution in [0.1, 0.15) is 40.0 Å². The number of hydrogen-bond acceptors (Lipinski definition) is 1. The van der Waals surface area contributed by atoms with Gasteiger partial charge in [-0.1, -0.05) is 6.92 Å². The van der Waals surface area contributed by atoms with Crippen LogP contribution in [-0.4, -0.2) is 28.9 Å². The lowest BCUT2D eigenvalue weighted by Crippen LogP contribution is -2.48. The molecular formula is C10H20ClN. The van der Waals surface area contributed by atoms with Crippen LogP contribution < -0.4 is 0 Å². The number of rotatable bonds is 2. The van der Waals surface area contributed by atoms with Crippen molar-refractivity contribution >= 4 is 11.6 Å². The summed E-state index contributed by atoms with van der Waals surface area (Å²) in [6, 6.07) is 1.26. The maximum Gasteiger partial charge on any atom is 0.0489 e. The number of nitrogens with zero attached hydrogens (tertiary/aromatic N) is 1. The molecule has 1 heterocycles. The molecule has 0 amide bonds. The topological polar surface area (TPSA) is 3.24 Å². The van der Waals surface area contributed by atoms with E-state index >= 15 is 0 Å². The van der Waals surface area contributed by atoms with Crippen LogP contribution in [-0.2, 0) is 0 Å². The zero-order valence-corrected chi connectivity index (χ0v) is 9.14. The van der Waals surface area contributed by atoms with Gasteiger partial charge >= 0.3 is 0 Å². The molecule has 0 aliphatic carbocycles. The fourth-order valence-corrected chi connectivity index (χ4v) is 2.28. The Morgan fingerprint density at radius 1 is 1.58 bits per heavy atom. The summed E-state index contributed by atoms with van der Waals surface area (Å²) in [4.78, 5) is 2.54. The Morgan fingerprint density at radius 2 is 2.25 bits per heavy atom. The number of halogens is 1. The molecule has 0 spiro atoms. The summed E-state index contributed by atoms with van der Waals surface area (Å²) in [7, 11) is 0. The molecule has 0 bridgehead atoms. The predicted molar refractivity (Wildman–Crippen MR) is 54.8 cm³/mol. The summed E-state index contributed by atoms with van der Waals surface area (Å²) in [5, 5.41) is 0.368. The van der Waals surface area contributed by atoms with E-state index in [1.807, 2.05) is 0 Å². The fraction of sp³-hybridized carbons (Fsp3) is 1.00. The highest BCUT2D eigenvalue weighted by Crippen LogP contribution is 2.24. The molecular weight excluding hydrogens is 170 g/mol. The van der Waals surface area contributed by atoms with E-state index in [1.54, 1.807) is 0 Å². The molecule has 72 valence electrons. The summed E-state index contributed by atoms with van der Waals surface area (Å²) >= 11 is 6.22. The molecule has 1 fully saturated rings. The number of alkyl halides is 1. The molecule has 1 saturated heterocycles. The van der Waals surface area contributed by atoms with Crippen LogP contribution in [0.15, 0.2) is 0 Å². The first-order valence-corrected chi connectivity index (χ1v) is 5.50. The summed E-state index contributed by atoms with van der Waals surface area (Å²) < 4.78 is 0. The maximum absolute atomic E-state index is 6.22. The van der Waals surface area contributed by atoms with Crippen molar-refractivity contribution in [2.45, 2.75) is 57.5 Å². The second-order valence-corrected chi connectivity index (χ2v) is 4.45. The summed E-state index contributed by atoms with van der Waals surface area (Å²) in [6.07, 6.45) is 3.69. The van der Waals surface area contributed by atoms with E-state index in [1.165, 1.54) is 25.8 Å². The summed E-state index contributed by atoms with van der Waals surface area (Å²) in [5.74, 6) is 0. The van der Waals surface area contributed by atoms with Crippen molar-refractivity contribution in [3.8, 4) is 0 Å². The molecule has 2 heteroatoms. The van der Waals surface area contributed by atoms with Crippen LogP contribution in [0.25, 0.3) is 0 Å². The molecule has 1 aliphatic rings. The average Bonchev–Trinajstić information content (AvgIpc) is 2.08. The lowest BCUT2D eigenvalue weighted by molar-refractivity contribution is 0.115. The van der Waals surface area contributed by atoms with Crippen molar-refractivity contribution in [3.63, 3.8) is 0 Å². The number of likely N-dealkylation sites (tertiary alicyclic amines) is 1. The quantitative estimate of drug-likeness (QED) is 0.604. The van der Waals surface area contributed by atoms with Crippen molar-refractivity contribution in [1.82, 2.24) is 4.90 Å². The van der Waals surface area contributed by atoms with E-state index in [0.29, 0.717) is 17.5 Å². The Balaban J connectivity index is 2.51. The highest BCUT2D eigenvalue weighted by molar-refractivity contribution is 6.21. The molecule has 1 rings (SSSR count). The largest absolute Gasteiger partial charge is 0.297 e. The third-order valence-corrected chi connectivity index (χ3v) is 3.68. The van der Waals surface area contributed by atoms with Gasteiger partial charge in [-0.15, -0.1) is 11.6 Å². The van der Waals surface area contributed by atoms with Gasteiger partial charge in [0.1, 0.15) is 0 Å². The highest BCUT2D eigenvalue weighted by Gasteiger charge is 2.28. The van der Waals surface area contributed by atoms with Crippen LogP contribution in [0.3, 0.4) is 0 Å². The van der Waals surface area contributed by atoms with Gasteiger partial charge in [-0.3, -0.25) is 4.90 Å². The normalized spacial score (nSPS) is 35.0. The monoisotopic (exact) mass is 189 g/mol. The van der Waals surface area contributed by atoms with Crippen molar-refractivity contribution in [2.75, 3.05) is 6.54 Å². The van der Waals surface area contributed by atoms with Crippen LogP contribution in [0.4, 0.5) is 0 Å². The molecule has 12 heavy (non-hydrogen) atoms. The molecule has 0 N–H and O–H groups in total. The van der Waals surface area contributed by atoms with Crippen LogP contribution in [0.5, 0.6) is 0 Å². The van der Waals surface area contributed by atoms with E-state index in [2.05, 4.69) is 25.7 Å². The number of hydrogen-bond donors (Lipinski definition) is 0. The second-order valence-electron chi connectivity index (χ2n) is 3.89. The fourth-order valence-electron chi connectivity index (χ4n) is 1.98. The third kappa shape index (κ3) is 2.14. The average molecular weight is 190 g/mol. The minimum atomic E-state index is 0.368. The van der Waals surface area contributed by atoms with Gasteiger partial charge in [-0.2, -0.15) is 0 Å². The van der Waals surface area contributed by atoms with Gasteiger partial charge in [0, 0.05) is 17.5 Å². The Kier molecular flexibility index (Phi) is 3.85. The van der Waals surface area contributed by atoms with Crippen LogP contribution >= 0.6 is 11.6 Å². The van der Waals surface area contributed by atoms with E-state index in [-0.39, 0.29) is 0 Å². The molecule has 0 aromatic heterocycles. The van der Waals surface area contributed by atoms with Crippen molar-refractivity contribution in [3.05, 3.63) is 0 Å². The highest BCUT2D eigenvalue weighted by atomic mass is 35.5. The van der Waals surface area contributed by atoms with Gasteiger partial charge in [0.2, 0.25) is 0 Å². The van der Waals surface area contributed by atoms with Gasteiger partial charge < -0.3 is 0 Å². The number of piperidine rings is 1. The summed E-state index contributed by atoms with van der Waals surface area (Å²) in [5.41, 5.74) is 0. The Morgan fingerprint density at radius 3 is 2.83 bits per heavy atom. The van der Waals surface area contributed by atoms with E-state index in [0.717, 1.165) is 0 Å². The smallest absolute Gasteiger partial charge is 0.0489 e. The van der Waals surface area contributed by atoms with Gasteiger partial charge in [0.05, 0.1) is 0 Å². The minimum Gasteiger partial charge on any atom is -0.297 e. The Bertz CT molecular complexity index is 138. The molecule has 0 aromatic rings. The van der Waals surface area contributed by atoms with Crippen LogP contribution in [0.2, 0.25) is 0 Å². The SMILES string of the molecule is CCC(C)N1CCCC(Cl)C1C. The van der Waals surface area contributed by atoms with E-state index in [4.69, 9.17) is 11.6 Å². The lowest BCUT2D eigenvalue weighted by atomic mass is 10.0. The lowest BCUT2D eigenvalue weighted by Gasteiger charge is -2.40. The second kappa shape index (κ2) is 4.48. The molecule has 0 radical (unpaired) electrons. The molecule has 1 aliphatic heterocycles. The van der Waals surface area contributed by atoms with Gasteiger partial charge in [0.15, 0.2) is 0 Å². The van der Waals surface area contributed by atoms with Gasteiger partial charge in [-0.25, -0.2) is 0 Å². The molecule has 3 atom stereocenters. The molecule has 0 aromatic carbocycles. The van der Waals surface area contributed by atoms with E-state index < -0.39 is 0 Å².